The highest BCUT2D eigenvalue weighted by molar-refractivity contribution is 6.32. The minimum absolute atomic E-state index is 0.00922. The zero-order valence-electron chi connectivity index (χ0n) is 14.0. The summed E-state index contributed by atoms with van der Waals surface area (Å²) in [7, 11) is 0. The summed E-state index contributed by atoms with van der Waals surface area (Å²) in [5.41, 5.74) is 0.749. The molecule has 0 saturated heterocycles. The van der Waals surface area contributed by atoms with Gasteiger partial charge in [0.2, 0.25) is 5.95 Å². The summed E-state index contributed by atoms with van der Waals surface area (Å²) >= 11 is 6.01. The largest absolute Gasteiger partial charge is 0.453 e. The first-order valence-corrected chi connectivity index (χ1v) is 8.97. The summed E-state index contributed by atoms with van der Waals surface area (Å²) in [5.74, 6) is 0.498. The first-order valence-electron chi connectivity index (χ1n) is 8.59. The van der Waals surface area contributed by atoms with E-state index in [1.54, 1.807) is 30.6 Å². The van der Waals surface area contributed by atoms with Crippen molar-refractivity contribution in [2.24, 2.45) is 0 Å². The molecular formula is C19H18ClFN4O. The number of rotatable bonds is 5. The van der Waals surface area contributed by atoms with E-state index in [-0.39, 0.29) is 10.8 Å². The molecule has 3 aromatic rings. The molecule has 26 heavy (non-hydrogen) atoms. The van der Waals surface area contributed by atoms with Crippen LogP contribution in [0, 0.1) is 5.82 Å². The van der Waals surface area contributed by atoms with Crippen molar-refractivity contribution in [2.45, 2.75) is 31.7 Å². The average Bonchev–Trinajstić information content (AvgIpc) is 3.30. The number of anilines is 2. The molecule has 1 N–H and O–H groups in total. The molecule has 4 rings (SSSR count). The molecule has 1 saturated carbocycles. The third-order valence-corrected chi connectivity index (χ3v) is 4.73. The lowest BCUT2D eigenvalue weighted by Gasteiger charge is -2.10. The van der Waals surface area contributed by atoms with Crippen LogP contribution in [0.5, 0.6) is 11.5 Å². The third-order valence-electron chi connectivity index (χ3n) is 4.44. The highest BCUT2D eigenvalue weighted by Crippen LogP contribution is 2.33. The average molecular weight is 373 g/mol. The van der Waals surface area contributed by atoms with Crippen LogP contribution in [0.3, 0.4) is 0 Å². The van der Waals surface area contributed by atoms with Gasteiger partial charge in [-0.1, -0.05) is 36.6 Å². The minimum atomic E-state index is -0.507. The standard InChI is InChI=1S/C19H18ClFN4O/c20-16-9-4-10-17(21)18(16)26-15-8-3-5-13(11-15)23-19-22-12-25(24-19)14-6-1-2-7-14/h3-5,8-12,14H,1-2,6-7H2,(H,23,24). The van der Waals surface area contributed by atoms with Gasteiger partial charge in [0.25, 0.3) is 0 Å². The monoisotopic (exact) mass is 372 g/mol. The Bertz CT molecular complexity index is 888. The Morgan fingerprint density at radius 3 is 2.77 bits per heavy atom. The summed E-state index contributed by atoms with van der Waals surface area (Å²) in [4.78, 5) is 4.32. The number of ether oxygens (including phenoxy) is 1. The van der Waals surface area contributed by atoms with Crippen LogP contribution in [-0.2, 0) is 0 Å². The number of hydrogen-bond donors (Lipinski definition) is 1. The van der Waals surface area contributed by atoms with Gasteiger partial charge in [0, 0.05) is 11.8 Å². The zero-order chi connectivity index (χ0) is 17.9. The second-order valence-electron chi connectivity index (χ2n) is 6.29. The first kappa shape index (κ1) is 16.8. The number of nitrogens with one attached hydrogen (secondary N) is 1. The normalized spacial score (nSPS) is 14.5. The van der Waals surface area contributed by atoms with Crippen LogP contribution >= 0.6 is 11.6 Å². The Morgan fingerprint density at radius 2 is 1.96 bits per heavy atom. The van der Waals surface area contributed by atoms with E-state index < -0.39 is 5.82 Å². The quantitative estimate of drug-likeness (QED) is 0.622. The fourth-order valence-corrected chi connectivity index (χ4v) is 3.34. The molecule has 2 aromatic carbocycles. The molecule has 1 fully saturated rings. The van der Waals surface area contributed by atoms with Crippen molar-refractivity contribution in [2.75, 3.05) is 5.32 Å². The molecule has 1 aliphatic rings. The van der Waals surface area contributed by atoms with Crippen LogP contribution in [0.4, 0.5) is 16.0 Å². The lowest BCUT2D eigenvalue weighted by molar-refractivity contribution is 0.443. The van der Waals surface area contributed by atoms with E-state index in [0.717, 1.165) is 18.5 Å². The molecular weight excluding hydrogens is 355 g/mol. The molecule has 1 aromatic heterocycles. The molecule has 1 aliphatic carbocycles. The molecule has 7 heteroatoms. The Morgan fingerprint density at radius 1 is 1.15 bits per heavy atom. The Kier molecular flexibility index (Phi) is 4.75. The topological polar surface area (TPSA) is 52.0 Å². The molecule has 0 radical (unpaired) electrons. The predicted molar refractivity (Wildman–Crippen MR) is 98.7 cm³/mol. The van der Waals surface area contributed by atoms with Crippen molar-refractivity contribution in [1.29, 1.82) is 0 Å². The van der Waals surface area contributed by atoms with Gasteiger partial charge in [-0.3, -0.25) is 0 Å². The Balaban J connectivity index is 1.49. The lowest BCUT2D eigenvalue weighted by Crippen LogP contribution is -2.05. The summed E-state index contributed by atoms with van der Waals surface area (Å²) < 4.78 is 21.4. The third kappa shape index (κ3) is 3.65. The highest BCUT2D eigenvalue weighted by Gasteiger charge is 2.18. The molecule has 0 unspecified atom stereocenters. The van der Waals surface area contributed by atoms with Gasteiger partial charge in [-0.05, 0) is 37.1 Å². The smallest absolute Gasteiger partial charge is 0.246 e. The molecule has 1 heterocycles. The molecule has 0 aliphatic heterocycles. The van der Waals surface area contributed by atoms with Crippen LogP contribution in [0.2, 0.25) is 5.02 Å². The summed E-state index contributed by atoms with van der Waals surface area (Å²) in [6, 6.07) is 12.0. The number of aromatic nitrogens is 3. The van der Waals surface area contributed by atoms with E-state index in [1.165, 1.54) is 25.0 Å². The SMILES string of the molecule is Fc1cccc(Cl)c1Oc1cccc(Nc2ncn(C3CCCC3)n2)c1. The van der Waals surface area contributed by atoms with E-state index >= 15 is 0 Å². The number of halogens is 2. The number of para-hydroxylation sites is 1. The second-order valence-corrected chi connectivity index (χ2v) is 6.70. The molecule has 0 amide bonds. The first-order chi connectivity index (χ1) is 12.7. The van der Waals surface area contributed by atoms with E-state index in [0.29, 0.717) is 17.7 Å². The van der Waals surface area contributed by atoms with Crippen molar-refractivity contribution in [3.8, 4) is 11.5 Å². The fraction of sp³-hybridized carbons (Fsp3) is 0.263. The molecule has 134 valence electrons. The predicted octanol–water partition coefficient (Wildman–Crippen LogP) is 5.72. The number of nitrogens with zero attached hydrogens (tertiary/aromatic N) is 3. The fourth-order valence-electron chi connectivity index (χ4n) is 3.14. The van der Waals surface area contributed by atoms with Gasteiger partial charge in [0.15, 0.2) is 11.6 Å². The summed E-state index contributed by atoms with van der Waals surface area (Å²) in [5, 5.41) is 7.88. The van der Waals surface area contributed by atoms with E-state index in [4.69, 9.17) is 16.3 Å². The van der Waals surface area contributed by atoms with Gasteiger partial charge in [-0.15, -0.1) is 5.10 Å². The molecule has 0 bridgehead atoms. The van der Waals surface area contributed by atoms with Crippen LogP contribution in [0.1, 0.15) is 31.7 Å². The minimum Gasteiger partial charge on any atom is -0.453 e. The number of hydrogen-bond acceptors (Lipinski definition) is 4. The van der Waals surface area contributed by atoms with Crippen LogP contribution < -0.4 is 10.1 Å². The van der Waals surface area contributed by atoms with Crippen molar-refractivity contribution in [3.05, 3.63) is 59.6 Å². The van der Waals surface area contributed by atoms with Crippen molar-refractivity contribution in [1.82, 2.24) is 14.8 Å². The van der Waals surface area contributed by atoms with Gasteiger partial charge >= 0.3 is 0 Å². The zero-order valence-corrected chi connectivity index (χ0v) is 14.8. The lowest BCUT2D eigenvalue weighted by atomic mass is 10.3. The Labute approximate surface area is 155 Å². The van der Waals surface area contributed by atoms with Crippen molar-refractivity contribution in [3.63, 3.8) is 0 Å². The van der Waals surface area contributed by atoms with Gasteiger partial charge in [-0.2, -0.15) is 0 Å². The molecule has 0 atom stereocenters. The van der Waals surface area contributed by atoms with Gasteiger partial charge < -0.3 is 10.1 Å². The van der Waals surface area contributed by atoms with Gasteiger partial charge in [0.1, 0.15) is 12.1 Å². The van der Waals surface area contributed by atoms with Crippen LogP contribution in [-0.4, -0.2) is 14.8 Å². The van der Waals surface area contributed by atoms with Crippen LogP contribution in [0.15, 0.2) is 48.8 Å². The molecule has 5 nitrogen and oxygen atoms in total. The highest BCUT2D eigenvalue weighted by atomic mass is 35.5. The van der Waals surface area contributed by atoms with Gasteiger partial charge in [0.05, 0.1) is 11.1 Å². The Hall–Kier alpha value is -2.60. The van der Waals surface area contributed by atoms with E-state index in [1.807, 2.05) is 10.7 Å². The summed E-state index contributed by atoms with van der Waals surface area (Å²) in [6.07, 6.45) is 6.54. The van der Waals surface area contributed by atoms with Crippen molar-refractivity contribution >= 4 is 23.2 Å². The second kappa shape index (κ2) is 7.33. The number of benzene rings is 2. The van der Waals surface area contributed by atoms with Crippen LogP contribution in [0.25, 0.3) is 0 Å². The van der Waals surface area contributed by atoms with Crippen molar-refractivity contribution < 1.29 is 9.13 Å². The maximum atomic E-state index is 13.9. The maximum absolute atomic E-state index is 13.9. The molecule has 0 spiro atoms. The van der Waals surface area contributed by atoms with E-state index in [2.05, 4.69) is 15.4 Å². The van der Waals surface area contributed by atoms with E-state index in [9.17, 15) is 4.39 Å². The maximum Gasteiger partial charge on any atom is 0.246 e. The summed E-state index contributed by atoms with van der Waals surface area (Å²) in [6.45, 7) is 0. The van der Waals surface area contributed by atoms with Gasteiger partial charge in [-0.25, -0.2) is 14.1 Å².